The molecule has 0 spiro atoms. The standard InChI is InChI=1S/C8H14O2/c1-7(2)6-8(9)4-5-10-3/h1,4-6H2,2-3H3. The van der Waals surface area contributed by atoms with Crippen LogP contribution in [0.15, 0.2) is 12.2 Å². The van der Waals surface area contributed by atoms with Crippen LogP contribution in [0.5, 0.6) is 0 Å². The zero-order valence-electron chi connectivity index (χ0n) is 6.64. The fraction of sp³-hybridized carbons (Fsp3) is 0.625. The van der Waals surface area contributed by atoms with Crippen LogP contribution in [0, 0.1) is 0 Å². The van der Waals surface area contributed by atoms with Crippen LogP contribution in [-0.2, 0) is 9.53 Å². The van der Waals surface area contributed by atoms with Gasteiger partial charge in [0.15, 0.2) is 0 Å². The van der Waals surface area contributed by atoms with Gasteiger partial charge in [0.05, 0.1) is 6.61 Å². The van der Waals surface area contributed by atoms with E-state index in [0.717, 1.165) is 5.57 Å². The van der Waals surface area contributed by atoms with Crippen LogP contribution in [0.25, 0.3) is 0 Å². The average molecular weight is 142 g/mol. The molecule has 0 aromatic rings. The summed E-state index contributed by atoms with van der Waals surface area (Å²) in [5, 5.41) is 0. The Morgan fingerprint density at radius 2 is 2.20 bits per heavy atom. The molecule has 0 saturated heterocycles. The first kappa shape index (κ1) is 9.37. The predicted octanol–water partition coefficient (Wildman–Crippen LogP) is 1.56. The second-order valence-corrected chi connectivity index (χ2v) is 2.42. The molecule has 0 aliphatic heterocycles. The highest BCUT2D eigenvalue weighted by atomic mass is 16.5. The number of ether oxygens (including phenoxy) is 1. The number of ketones is 1. The number of carbonyl (C=O) groups excluding carboxylic acids is 1. The summed E-state index contributed by atoms with van der Waals surface area (Å²) in [7, 11) is 1.59. The van der Waals surface area contributed by atoms with Gasteiger partial charge in [-0.05, 0) is 6.92 Å². The number of Topliss-reactive ketones (excluding diaryl/α,β-unsaturated/α-hetero) is 1. The van der Waals surface area contributed by atoms with E-state index in [2.05, 4.69) is 6.58 Å². The van der Waals surface area contributed by atoms with Crippen molar-refractivity contribution in [1.29, 1.82) is 0 Å². The topological polar surface area (TPSA) is 26.3 Å². The number of rotatable bonds is 5. The molecule has 0 aliphatic rings. The van der Waals surface area contributed by atoms with E-state index in [-0.39, 0.29) is 5.78 Å². The van der Waals surface area contributed by atoms with E-state index in [1.807, 2.05) is 6.92 Å². The van der Waals surface area contributed by atoms with Crippen LogP contribution in [-0.4, -0.2) is 19.5 Å². The Balaban J connectivity index is 3.35. The lowest BCUT2D eigenvalue weighted by Gasteiger charge is -1.97. The highest BCUT2D eigenvalue weighted by Crippen LogP contribution is 1.99. The molecule has 58 valence electrons. The van der Waals surface area contributed by atoms with Crippen LogP contribution in [0.4, 0.5) is 0 Å². The van der Waals surface area contributed by atoms with Crippen molar-refractivity contribution in [3.8, 4) is 0 Å². The Morgan fingerprint density at radius 1 is 1.60 bits per heavy atom. The first-order chi connectivity index (χ1) is 4.66. The van der Waals surface area contributed by atoms with Crippen LogP contribution >= 0.6 is 0 Å². The molecule has 2 heteroatoms. The summed E-state index contributed by atoms with van der Waals surface area (Å²) in [6, 6.07) is 0. The molecule has 0 fully saturated rings. The fourth-order valence-electron chi connectivity index (χ4n) is 0.641. The molecule has 0 heterocycles. The van der Waals surface area contributed by atoms with E-state index in [9.17, 15) is 4.79 Å². The summed E-state index contributed by atoms with van der Waals surface area (Å²) in [5.41, 5.74) is 0.918. The van der Waals surface area contributed by atoms with E-state index in [1.54, 1.807) is 7.11 Å². The van der Waals surface area contributed by atoms with E-state index >= 15 is 0 Å². The molecule has 0 aromatic heterocycles. The second-order valence-electron chi connectivity index (χ2n) is 2.42. The van der Waals surface area contributed by atoms with Gasteiger partial charge in [0, 0.05) is 20.0 Å². The first-order valence-corrected chi connectivity index (χ1v) is 3.32. The van der Waals surface area contributed by atoms with Gasteiger partial charge in [0.25, 0.3) is 0 Å². The molecule has 2 nitrogen and oxygen atoms in total. The van der Waals surface area contributed by atoms with Crippen molar-refractivity contribution in [3.05, 3.63) is 12.2 Å². The van der Waals surface area contributed by atoms with Crippen molar-refractivity contribution in [2.24, 2.45) is 0 Å². The number of hydrogen-bond acceptors (Lipinski definition) is 2. The maximum atomic E-state index is 10.9. The average Bonchev–Trinajstić information content (AvgIpc) is 1.82. The summed E-state index contributed by atoms with van der Waals surface area (Å²) in [5.74, 6) is 0.203. The molecule has 0 bridgehead atoms. The molecular formula is C8H14O2. The Bertz CT molecular complexity index is 127. The Labute approximate surface area is 61.9 Å². The molecule has 0 aromatic carbocycles. The molecule has 0 radical (unpaired) electrons. The number of carbonyl (C=O) groups is 1. The van der Waals surface area contributed by atoms with Crippen LogP contribution in [0.2, 0.25) is 0 Å². The Morgan fingerprint density at radius 3 is 2.60 bits per heavy atom. The van der Waals surface area contributed by atoms with Crippen molar-refractivity contribution in [1.82, 2.24) is 0 Å². The predicted molar refractivity (Wildman–Crippen MR) is 40.9 cm³/mol. The third-order valence-electron chi connectivity index (χ3n) is 1.08. The number of allylic oxidation sites excluding steroid dienone is 1. The molecular weight excluding hydrogens is 128 g/mol. The zero-order valence-corrected chi connectivity index (χ0v) is 6.64. The van der Waals surface area contributed by atoms with Gasteiger partial charge in [0.1, 0.15) is 5.78 Å². The van der Waals surface area contributed by atoms with Crippen LogP contribution in [0.1, 0.15) is 19.8 Å². The van der Waals surface area contributed by atoms with Crippen molar-refractivity contribution in [2.45, 2.75) is 19.8 Å². The number of methoxy groups -OCH3 is 1. The van der Waals surface area contributed by atoms with Gasteiger partial charge in [-0.25, -0.2) is 0 Å². The lowest BCUT2D eigenvalue weighted by molar-refractivity contribution is -0.119. The molecule has 0 aliphatic carbocycles. The lowest BCUT2D eigenvalue weighted by atomic mass is 10.1. The third-order valence-corrected chi connectivity index (χ3v) is 1.08. The monoisotopic (exact) mass is 142 g/mol. The van der Waals surface area contributed by atoms with Gasteiger partial charge >= 0.3 is 0 Å². The van der Waals surface area contributed by atoms with E-state index in [4.69, 9.17) is 4.74 Å². The highest BCUT2D eigenvalue weighted by molar-refractivity contribution is 5.80. The minimum absolute atomic E-state index is 0.203. The van der Waals surface area contributed by atoms with Gasteiger partial charge in [-0.3, -0.25) is 4.79 Å². The molecule has 0 N–H and O–H groups in total. The molecule has 10 heavy (non-hydrogen) atoms. The zero-order chi connectivity index (χ0) is 7.98. The van der Waals surface area contributed by atoms with Crippen LogP contribution in [0.3, 0.4) is 0 Å². The van der Waals surface area contributed by atoms with Crippen LogP contribution < -0.4 is 0 Å². The quantitative estimate of drug-likeness (QED) is 0.544. The Kier molecular flexibility index (Phi) is 4.85. The van der Waals surface area contributed by atoms with Gasteiger partial charge < -0.3 is 4.74 Å². The SMILES string of the molecule is C=C(C)CC(=O)CCOC. The van der Waals surface area contributed by atoms with Crippen molar-refractivity contribution >= 4 is 5.78 Å². The largest absolute Gasteiger partial charge is 0.384 e. The summed E-state index contributed by atoms with van der Waals surface area (Å²) in [6.07, 6.45) is 0.993. The third kappa shape index (κ3) is 5.51. The Hall–Kier alpha value is -0.630. The molecule has 0 saturated carbocycles. The molecule has 0 amide bonds. The maximum Gasteiger partial charge on any atom is 0.139 e. The van der Waals surface area contributed by atoms with Gasteiger partial charge in [-0.1, -0.05) is 12.2 Å². The van der Waals surface area contributed by atoms with Crippen molar-refractivity contribution < 1.29 is 9.53 Å². The fourth-order valence-corrected chi connectivity index (χ4v) is 0.641. The second kappa shape index (κ2) is 5.18. The minimum Gasteiger partial charge on any atom is -0.384 e. The van der Waals surface area contributed by atoms with Crippen molar-refractivity contribution in [3.63, 3.8) is 0 Å². The highest BCUT2D eigenvalue weighted by Gasteiger charge is 1.99. The molecule has 0 rings (SSSR count). The lowest BCUT2D eigenvalue weighted by Crippen LogP contribution is -2.02. The number of hydrogen-bond donors (Lipinski definition) is 0. The van der Waals surface area contributed by atoms with Crippen molar-refractivity contribution in [2.75, 3.05) is 13.7 Å². The molecule has 0 unspecified atom stereocenters. The first-order valence-electron chi connectivity index (χ1n) is 3.32. The minimum atomic E-state index is 0.203. The maximum absolute atomic E-state index is 10.9. The smallest absolute Gasteiger partial charge is 0.139 e. The van der Waals surface area contributed by atoms with Gasteiger partial charge in [-0.15, -0.1) is 0 Å². The van der Waals surface area contributed by atoms with Gasteiger partial charge in [-0.2, -0.15) is 0 Å². The van der Waals surface area contributed by atoms with E-state index in [1.165, 1.54) is 0 Å². The van der Waals surface area contributed by atoms with Gasteiger partial charge in [0.2, 0.25) is 0 Å². The summed E-state index contributed by atoms with van der Waals surface area (Å²) in [4.78, 5) is 10.9. The summed E-state index contributed by atoms with van der Waals surface area (Å²) in [6.45, 7) is 6.01. The van der Waals surface area contributed by atoms with E-state index in [0.29, 0.717) is 19.4 Å². The summed E-state index contributed by atoms with van der Waals surface area (Å²) >= 11 is 0. The normalized spacial score (nSPS) is 9.40. The molecule has 0 atom stereocenters. The van der Waals surface area contributed by atoms with E-state index < -0.39 is 0 Å². The summed E-state index contributed by atoms with van der Waals surface area (Å²) < 4.78 is 4.74.